The normalized spacial score (nSPS) is 15.9. The van der Waals surface area contributed by atoms with E-state index in [1.807, 2.05) is 13.0 Å². The minimum Gasteiger partial charge on any atom is -0.325 e. The Labute approximate surface area is 156 Å². The molecule has 1 aromatic rings. The number of anilines is 1. The summed E-state index contributed by atoms with van der Waals surface area (Å²) in [5.74, 6) is 0.0806. The largest absolute Gasteiger partial charge is 0.325 e. The third-order valence-corrected chi connectivity index (χ3v) is 5.58. The fourth-order valence-electron chi connectivity index (χ4n) is 3.24. The molecule has 0 aliphatic heterocycles. The molecule has 0 aromatic heterocycles. The Kier molecular flexibility index (Phi) is 7.57. The molecule has 1 aliphatic rings. The van der Waals surface area contributed by atoms with Gasteiger partial charge in [-0.15, -0.1) is 0 Å². The zero-order valence-electron chi connectivity index (χ0n) is 14.0. The molecule has 0 heterocycles. The predicted molar refractivity (Wildman–Crippen MR) is 104 cm³/mol. The van der Waals surface area contributed by atoms with E-state index in [1.54, 1.807) is 0 Å². The Morgan fingerprint density at radius 3 is 2.61 bits per heavy atom. The molecular weight excluding hydrogens is 420 g/mol. The van der Waals surface area contributed by atoms with Crippen LogP contribution in [-0.4, -0.2) is 23.9 Å². The molecule has 2 rings (SSSR count). The topological polar surface area (TPSA) is 32.3 Å². The molecule has 0 saturated heterocycles. The van der Waals surface area contributed by atoms with E-state index in [0.29, 0.717) is 12.5 Å². The second kappa shape index (κ2) is 9.19. The molecule has 1 N–H and O–H groups in total. The van der Waals surface area contributed by atoms with Gasteiger partial charge in [-0.1, -0.05) is 42.1 Å². The van der Waals surface area contributed by atoms with Crippen molar-refractivity contribution in [2.75, 3.05) is 12.4 Å². The molecule has 0 bridgehead atoms. The average molecular weight is 446 g/mol. The summed E-state index contributed by atoms with van der Waals surface area (Å²) in [6.07, 6.45) is 8.00. The van der Waals surface area contributed by atoms with Crippen LogP contribution in [0.5, 0.6) is 0 Å². The number of halogens is 2. The van der Waals surface area contributed by atoms with Gasteiger partial charge in [0.25, 0.3) is 0 Å². The summed E-state index contributed by atoms with van der Waals surface area (Å²) in [4.78, 5) is 14.5. The number of amides is 1. The summed E-state index contributed by atoms with van der Waals surface area (Å²) in [7, 11) is 2.20. The lowest BCUT2D eigenvalue weighted by molar-refractivity contribution is -0.116. The first-order valence-electron chi connectivity index (χ1n) is 8.49. The first-order chi connectivity index (χ1) is 11.0. The molecule has 1 saturated carbocycles. The minimum absolute atomic E-state index is 0.0806. The summed E-state index contributed by atoms with van der Waals surface area (Å²) >= 11 is 7.17. The highest BCUT2D eigenvalue weighted by molar-refractivity contribution is 9.11. The van der Waals surface area contributed by atoms with Crippen molar-refractivity contribution in [3.63, 3.8) is 0 Å². The van der Waals surface area contributed by atoms with E-state index >= 15 is 0 Å². The van der Waals surface area contributed by atoms with Gasteiger partial charge in [-0.05, 0) is 59.9 Å². The van der Waals surface area contributed by atoms with Gasteiger partial charge in [0.1, 0.15) is 0 Å². The molecule has 1 aromatic carbocycles. The van der Waals surface area contributed by atoms with E-state index in [-0.39, 0.29) is 5.91 Å². The Morgan fingerprint density at radius 1 is 1.26 bits per heavy atom. The van der Waals surface area contributed by atoms with Gasteiger partial charge in [0.05, 0.1) is 5.69 Å². The lowest BCUT2D eigenvalue weighted by Crippen LogP contribution is -2.33. The van der Waals surface area contributed by atoms with Crippen molar-refractivity contribution in [3.05, 3.63) is 26.6 Å². The van der Waals surface area contributed by atoms with Crippen LogP contribution in [0.2, 0.25) is 0 Å². The summed E-state index contributed by atoms with van der Waals surface area (Å²) in [6.45, 7) is 2.87. The SMILES string of the molecule is CCCC(=O)Nc1c(Br)cc(Br)cc1CN(C)C1CCCCC1. The van der Waals surface area contributed by atoms with E-state index in [0.717, 1.165) is 33.2 Å². The monoisotopic (exact) mass is 444 g/mol. The number of nitrogens with one attached hydrogen (secondary N) is 1. The van der Waals surface area contributed by atoms with Crippen molar-refractivity contribution < 1.29 is 4.79 Å². The van der Waals surface area contributed by atoms with Gasteiger partial charge >= 0.3 is 0 Å². The van der Waals surface area contributed by atoms with Crippen LogP contribution in [-0.2, 0) is 11.3 Å². The third-order valence-electron chi connectivity index (χ3n) is 4.50. The second-order valence-electron chi connectivity index (χ2n) is 6.43. The van der Waals surface area contributed by atoms with Crippen LogP contribution in [0.15, 0.2) is 21.1 Å². The minimum atomic E-state index is 0.0806. The molecule has 1 aliphatic carbocycles. The van der Waals surface area contributed by atoms with Gasteiger partial charge < -0.3 is 5.32 Å². The molecule has 128 valence electrons. The highest BCUT2D eigenvalue weighted by Gasteiger charge is 2.20. The van der Waals surface area contributed by atoms with Crippen molar-refractivity contribution in [2.45, 2.75) is 64.5 Å². The zero-order chi connectivity index (χ0) is 16.8. The van der Waals surface area contributed by atoms with E-state index in [1.165, 1.54) is 32.1 Å². The highest BCUT2D eigenvalue weighted by atomic mass is 79.9. The number of carbonyl (C=O) groups is 1. The number of benzene rings is 1. The molecule has 1 amide bonds. The van der Waals surface area contributed by atoms with Gasteiger partial charge in [-0.3, -0.25) is 9.69 Å². The lowest BCUT2D eigenvalue weighted by Gasteiger charge is -2.32. The molecule has 0 atom stereocenters. The third kappa shape index (κ3) is 5.57. The quantitative estimate of drug-likeness (QED) is 0.607. The van der Waals surface area contributed by atoms with Gasteiger partial charge in [0, 0.05) is 28.0 Å². The second-order valence-corrected chi connectivity index (χ2v) is 8.20. The smallest absolute Gasteiger partial charge is 0.224 e. The molecule has 5 heteroatoms. The van der Waals surface area contributed by atoms with Crippen molar-refractivity contribution in [1.29, 1.82) is 0 Å². The van der Waals surface area contributed by atoms with Crippen LogP contribution >= 0.6 is 31.9 Å². The molecule has 23 heavy (non-hydrogen) atoms. The van der Waals surface area contributed by atoms with Crippen LogP contribution in [0.1, 0.15) is 57.4 Å². The number of carbonyl (C=O) groups excluding carboxylic acids is 1. The maximum Gasteiger partial charge on any atom is 0.224 e. The highest BCUT2D eigenvalue weighted by Crippen LogP contribution is 2.33. The maximum atomic E-state index is 12.0. The first-order valence-corrected chi connectivity index (χ1v) is 10.1. The molecule has 0 spiro atoms. The van der Waals surface area contributed by atoms with Gasteiger partial charge in [0.2, 0.25) is 5.91 Å². The van der Waals surface area contributed by atoms with Crippen molar-refractivity contribution in [2.24, 2.45) is 0 Å². The van der Waals surface area contributed by atoms with Crippen LogP contribution in [0.25, 0.3) is 0 Å². The summed E-state index contributed by atoms with van der Waals surface area (Å²) < 4.78 is 1.97. The fourth-order valence-corrected chi connectivity index (χ4v) is 4.65. The van der Waals surface area contributed by atoms with E-state index in [4.69, 9.17) is 0 Å². The summed E-state index contributed by atoms with van der Waals surface area (Å²) in [5.41, 5.74) is 2.07. The molecule has 3 nitrogen and oxygen atoms in total. The van der Waals surface area contributed by atoms with Crippen LogP contribution < -0.4 is 5.32 Å². The van der Waals surface area contributed by atoms with Crippen molar-refractivity contribution in [3.8, 4) is 0 Å². The number of nitrogens with zero attached hydrogens (tertiary/aromatic N) is 1. The first kappa shape index (κ1) is 18.9. The molecule has 0 radical (unpaired) electrons. The van der Waals surface area contributed by atoms with Gasteiger partial charge in [-0.25, -0.2) is 0 Å². The summed E-state index contributed by atoms with van der Waals surface area (Å²) in [6, 6.07) is 4.76. The Bertz CT molecular complexity index is 542. The van der Waals surface area contributed by atoms with Crippen molar-refractivity contribution >= 4 is 43.5 Å². The predicted octanol–water partition coefficient (Wildman–Crippen LogP) is 5.71. The van der Waals surface area contributed by atoms with Crippen LogP contribution in [0, 0.1) is 0 Å². The lowest BCUT2D eigenvalue weighted by atomic mass is 9.94. The maximum absolute atomic E-state index is 12.0. The Morgan fingerprint density at radius 2 is 1.96 bits per heavy atom. The van der Waals surface area contributed by atoms with E-state index < -0.39 is 0 Å². The molecule has 1 fully saturated rings. The van der Waals surface area contributed by atoms with Crippen LogP contribution in [0.4, 0.5) is 5.69 Å². The van der Waals surface area contributed by atoms with Crippen LogP contribution in [0.3, 0.4) is 0 Å². The van der Waals surface area contributed by atoms with Gasteiger partial charge in [0.15, 0.2) is 0 Å². The van der Waals surface area contributed by atoms with E-state index in [9.17, 15) is 4.79 Å². The zero-order valence-corrected chi connectivity index (χ0v) is 17.2. The van der Waals surface area contributed by atoms with Gasteiger partial charge in [-0.2, -0.15) is 0 Å². The van der Waals surface area contributed by atoms with Crippen molar-refractivity contribution in [1.82, 2.24) is 4.90 Å². The molecule has 0 unspecified atom stereocenters. The Hall–Kier alpha value is -0.390. The number of rotatable bonds is 6. The standard InChI is InChI=1S/C18H26Br2N2O/c1-3-7-17(23)21-18-13(10-14(19)11-16(18)20)12-22(2)15-8-5-4-6-9-15/h10-11,15H,3-9,12H2,1-2H3,(H,21,23). The average Bonchev–Trinajstić information content (AvgIpc) is 2.52. The summed E-state index contributed by atoms with van der Waals surface area (Å²) in [5, 5.41) is 3.08. The number of hydrogen-bond acceptors (Lipinski definition) is 2. The fraction of sp³-hybridized carbons (Fsp3) is 0.611. The molecular formula is C18H26Br2N2O. The Balaban J connectivity index is 2.16. The van der Waals surface area contributed by atoms with E-state index in [2.05, 4.69) is 55.2 Å². The number of hydrogen-bond donors (Lipinski definition) is 1.